The van der Waals surface area contributed by atoms with E-state index in [1.54, 1.807) is 6.08 Å². The number of ketones is 1. The molecule has 0 N–H and O–H groups in total. The van der Waals surface area contributed by atoms with E-state index in [9.17, 15) is 4.79 Å². The number of hydrogen-bond acceptors (Lipinski definition) is 2. The zero-order valence-corrected chi connectivity index (χ0v) is 23.6. The second kappa shape index (κ2) is 13.2. The van der Waals surface area contributed by atoms with E-state index in [-0.39, 0.29) is 28.7 Å². The summed E-state index contributed by atoms with van der Waals surface area (Å²) in [5, 5.41) is 5.58. The molecule has 0 spiro atoms. The van der Waals surface area contributed by atoms with Crippen LogP contribution in [-0.2, 0) is 9.53 Å². The van der Waals surface area contributed by atoms with Crippen molar-refractivity contribution in [2.75, 3.05) is 6.61 Å². The van der Waals surface area contributed by atoms with Gasteiger partial charge >= 0.3 is 0 Å². The summed E-state index contributed by atoms with van der Waals surface area (Å²) in [6.07, 6.45) is 13.7. The van der Waals surface area contributed by atoms with Gasteiger partial charge in [-0.3, -0.25) is 4.79 Å². The van der Waals surface area contributed by atoms with E-state index in [2.05, 4.69) is 91.0 Å². The average molecular weight is 574 g/mol. The van der Waals surface area contributed by atoms with Crippen molar-refractivity contribution in [1.82, 2.24) is 0 Å². The van der Waals surface area contributed by atoms with Gasteiger partial charge in [-0.1, -0.05) is 79.2 Å². The highest BCUT2D eigenvalue weighted by atomic mass is 79.9. The Morgan fingerprint density at radius 2 is 1.24 bits per heavy atom. The topological polar surface area (TPSA) is 26.3 Å². The van der Waals surface area contributed by atoms with Crippen LogP contribution in [0, 0.1) is 5.92 Å². The Bertz CT molecular complexity index is 1150. The Balaban J connectivity index is 0.00000320. The second-order valence-corrected chi connectivity index (χ2v) is 12.9. The lowest BCUT2D eigenvalue weighted by Crippen LogP contribution is -3.00. The summed E-state index contributed by atoms with van der Waals surface area (Å²) < 4.78 is 6.69. The van der Waals surface area contributed by atoms with E-state index in [0.717, 1.165) is 25.0 Å². The molecule has 1 unspecified atom stereocenters. The molecule has 4 heteroatoms. The first-order valence-corrected chi connectivity index (χ1v) is 14.9. The van der Waals surface area contributed by atoms with E-state index in [0.29, 0.717) is 13.0 Å². The van der Waals surface area contributed by atoms with Gasteiger partial charge in [-0.25, -0.2) is 0 Å². The Labute approximate surface area is 232 Å². The first kappa shape index (κ1) is 27.3. The van der Waals surface area contributed by atoms with Crippen molar-refractivity contribution in [3.63, 3.8) is 0 Å². The maximum Gasteiger partial charge on any atom is 0.162 e. The summed E-state index contributed by atoms with van der Waals surface area (Å²) in [5.74, 6) is 1.25. The van der Waals surface area contributed by atoms with E-state index in [4.69, 9.17) is 4.74 Å². The van der Waals surface area contributed by atoms with Crippen LogP contribution in [0.5, 0.6) is 0 Å². The van der Waals surface area contributed by atoms with Gasteiger partial charge in [-0.05, 0) is 61.7 Å². The highest BCUT2D eigenvalue weighted by Gasteiger charge is 2.51. The molecule has 0 aromatic heterocycles. The molecule has 0 bridgehead atoms. The molecular weight excluding hydrogens is 539 g/mol. The minimum absolute atomic E-state index is 0. The van der Waals surface area contributed by atoms with Crippen molar-refractivity contribution < 1.29 is 26.5 Å². The van der Waals surface area contributed by atoms with Crippen LogP contribution in [0.4, 0.5) is 0 Å². The summed E-state index contributed by atoms with van der Waals surface area (Å²) in [7, 11) is -2.13. The molecule has 3 aromatic carbocycles. The maximum atomic E-state index is 12.3. The van der Waals surface area contributed by atoms with Crippen molar-refractivity contribution in [3.8, 4) is 0 Å². The predicted octanol–water partition coefficient (Wildman–Crippen LogP) is 3.88. The molecule has 0 amide bonds. The highest BCUT2D eigenvalue weighted by molar-refractivity contribution is 7.99. The van der Waals surface area contributed by atoms with Gasteiger partial charge < -0.3 is 21.7 Å². The lowest BCUT2D eigenvalue weighted by atomic mass is 9.96. The number of halogens is 1. The molecule has 0 saturated carbocycles. The standard InChI is InChI=1S/C33H34O2P.BrH/c34-31-22-14-13-15-27(31)25-26-35-32-23-11-4-12-24-33(32)36(28-16-5-1-6-17-28,29-18-7-2-8-19-29)30-20-9-3-10-21-30;/h1-3,5-10,13-22,27H,4,11-12,23-26H2;1H/q+1;/p-1. The predicted molar refractivity (Wildman–Crippen MR) is 153 cm³/mol. The van der Waals surface area contributed by atoms with Crippen LogP contribution < -0.4 is 32.9 Å². The largest absolute Gasteiger partial charge is 1.00 e. The summed E-state index contributed by atoms with van der Waals surface area (Å²) in [4.78, 5) is 12.3. The molecule has 5 rings (SSSR count). The maximum absolute atomic E-state index is 12.3. The minimum Gasteiger partial charge on any atom is -1.00 e. The van der Waals surface area contributed by atoms with Crippen molar-refractivity contribution >= 4 is 29.0 Å². The van der Waals surface area contributed by atoms with Crippen molar-refractivity contribution in [2.45, 2.75) is 38.5 Å². The lowest BCUT2D eigenvalue weighted by Gasteiger charge is -2.31. The monoisotopic (exact) mass is 572 g/mol. The molecule has 0 saturated heterocycles. The summed E-state index contributed by atoms with van der Waals surface area (Å²) in [5.41, 5.74) is 0. The Kier molecular flexibility index (Phi) is 9.72. The first-order valence-electron chi connectivity index (χ1n) is 13.1. The number of benzene rings is 3. The molecule has 0 radical (unpaired) electrons. The zero-order chi connectivity index (χ0) is 24.6. The van der Waals surface area contributed by atoms with E-state index in [1.807, 2.05) is 18.2 Å². The molecule has 0 aliphatic heterocycles. The molecule has 37 heavy (non-hydrogen) atoms. The number of carbonyl (C=O) groups is 1. The van der Waals surface area contributed by atoms with Crippen molar-refractivity contribution in [1.29, 1.82) is 0 Å². The average Bonchev–Trinajstić information content (AvgIpc) is 3.18. The van der Waals surface area contributed by atoms with Crippen LogP contribution >= 0.6 is 7.26 Å². The van der Waals surface area contributed by atoms with Gasteiger partial charge in [0.1, 0.15) is 34.2 Å². The number of ether oxygens (including phenoxy) is 1. The zero-order valence-electron chi connectivity index (χ0n) is 21.1. The van der Waals surface area contributed by atoms with Crippen LogP contribution in [0.3, 0.4) is 0 Å². The lowest BCUT2D eigenvalue weighted by molar-refractivity contribution is -0.117. The smallest absolute Gasteiger partial charge is 0.162 e. The van der Waals surface area contributed by atoms with Crippen molar-refractivity contribution in [3.05, 3.63) is 126 Å². The van der Waals surface area contributed by atoms with Gasteiger partial charge in [0.05, 0.1) is 6.61 Å². The van der Waals surface area contributed by atoms with E-state index < -0.39 is 7.26 Å². The fourth-order valence-corrected chi connectivity index (χ4v) is 10.3. The number of carbonyl (C=O) groups excluding carboxylic acids is 1. The third-order valence-electron chi connectivity index (χ3n) is 7.26. The summed E-state index contributed by atoms with van der Waals surface area (Å²) in [6, 6.07) is 33.2. The second-order valence-electron chi connectivity index (χ2n) is 9.50. The molecule has 0 fully saturated rings. The van der Waals surface area contributed by atoms with Gasteiger partial charge in [-0.15, -0.1) is 0 Å². The van der Waals surface area contributed by atoms with Crippen LogP contribution in [-0.4, -0.2) is 12.4 Å². The molecule has 2 nitrogen and oxygen atoms in total. The quantitative estimate of drug-likeness (QED) is 0.383. The number of allylic oxidation sites excluding steroid dienone is 6. The summed E-state index contributed by atoms with van der Waals surface area (Å²) in [6.45, 7) is 0.561. The Hall–Kier alpha value is -2.74. The number of hydrogen-bond donors (Lipinski definition) is 0. The Morgan fingerprint density at radius 1 is 0.703 bits per heavy atom. The molecule has 1 atom stereocenters. The van der Waals surface area contributed by atoms with Crippen LogP contribution in [0.25, 0.3) is 0 Å². The third-order valence-corrected chi connectivity index (χ3v) is 11.8. The van der Waals surface area contributed by atoms with Crippen molar-refractivity contribution in [2.24, 2.45) is 5.92 Å². The molecule has 3 aromatic rings. The van der Waals surface area contributed by atoms with Gasteiger partial charge in [-0.2, -0.15) is 0 Å². The van der Waals surface area contributed by atoms with Gasteiger partial charge in [0, 0.05) is 18.8 Å². The van der Waals surface area contributed by atoms with Crippen LogP contribution in [0.2, 0.25) is 0 Å². The fraction of sp³-hybridized carbons (Fsp3) is 0.242. The fourth-order valence-electron chi connectivity index (χ4n) is 5.53. The summed E-state index contributed by atoms with van der Waals surface area (Å²) >= 11 is 0. The molecule has 2 aliphatic carbocycles. The van der Waals surface area contributed by atoms with Gasteiger partial charge in [0.15, 0.2) is 5.78 Å². The third kappa shape index (κ3) is 5.89. The Morgan fingerprint density at radius 3 is 1.78 bits per heavy atom. The number of rotatable bonds is 8. The van der Waals surface area contributed by atoms with Gasteiger partial charge in [0.2, 0.25) is 0 Å². The van der Waals surface area contributed by atoms with Crippen LogP contribution in [0.1, 0.15) is 38.5 Å². The van der Waals surface area contributed by atoms with E-state index >= 15 is 0 Å². The molecular formula is C33H34BrO2P. The minimum atomic E-state index is -2.13. The SMILES string of the molecule is O=C1C=CC=CC1CCOC1=C([P+](c2ccccc2)(c2ccccc2)c2ccccc2)CCCCC1.[Br-]. The normalized spacial score (nSPS) is 17.7. The first-order chi connectivity index (χ1) is 17.8. The van der Waals surface area contributed by atoms with Gasteiger partial charge in [0.25, 0.3) is 0 Å². The highest BCUT2D eigenvalue weighted by Crippen LogP contribution is 2.65. The molecule has 190 valence electrons. The molecule has 0 heterocycles. The van der Waals surface area contributed by atoms with E-state index in [1.165, 1.54) is 34.1 Å². The van der Waals surface area contributed by atoms with Crippen LogP contribution in [0.15, 0.2) is 126 Å². The molecule has 2 aliphatic rings.